The lowest BCUT2D eigenvalue weighted by Gasteiger charge is -2.23. The van der Waals surface area contributed by atoms with Gasteiger partial charge >= 0.3 is 0 Å². The number of fused-ring (bicyclic) bond motifs is 2. The minimum atomic E-state index is -0.311. The first kappa shape index (κ1) is 19.8. The van der Waals surface area contributed by atoms with Crippen LogP contribution in [0.5, 0.6) is 0 Å². The Balaban J connectivity index is 1.65. The number of ether oxygens (including phenoxy) is 1. The largest absolute Gasteiger partial charge is 0.378 e. The lowest BCUT2D eigenvalue weighted by molar-refractivity contribution is 0.0962. The van der Waals surface area contributed by atoms with E-state index in [0.717, 1.165) is 22.4 Å². The fraction of sp³-hybridized carbons (Fsp3) is 0.208. The lowest BCUT2D eigenvalue weighted by Crippen LogP contribution is -2.21. The molecule has 2 aromatic heterocycles. The number of aromatic nitrogens is 3. The molecular weight excluding hydrogens is 417 g/mol. The van der Waals surface area contributed by atoms with Crippen molar-refractivity contribution in [2.24, 2.45) is 0 Å². The van der Waals surface area contributed by atoms with Crippen molar-refractivity contribution in [2.45, 2.75) is 25.4 Å². The normalized spacial score (nSPS) is 16.0. The second kappa shape index (κ2) is 7.87. The zero-order valence-corrected chi connectivity index (χ0v) is 17.6. The van der Waals surface area contributed by atoms with E-state index in [1.807, 2.05) is 24.3 Å². The van der Waals surface area contributed by atoms with Gasteiger partial charge in [-0.3, -0.25) is 4.79 Å². The van der Waals surface area contributed by atoms with Gasteiger partial charge in [-0.15, -0.1) is 0 Å². The van der Waals surface area contributed by atoms with Gasteiger partial charge in [0, 0.05) is 24.8 Å². The molecule has 7 heteroatoms. The topological polar surface area (TPSA) is 56.5 Å². The number of benzene rings is 2. The van der Waals surface area contributed by atoms with Crippen molar-refractivity contribution < 1.29 is 13.9 Å². The summed E-state index contributed by atoms with van der Waals surface area (Å²) in [6.07, 6.45) is 2.78. The van der Waals surface area contributed by atoms with Gasteiger partial charge in [0.05, 0.1) is 29.1 Å². The third kappa shape index (κ3) is 3.62. The molecule has 0 bridgehead atoms. The molecule has 156 valence electrons. The van der Waals surface area contributed by atoms with Gasteiger partial charge < -0.3 is 4.74 Å². The van der Waals surface area contributed by atoms with Gasteiger partial charge in [-0.05, 0) is 47.7 Å². The highest BCUT2D eigenvalue weighted by Crippen LogP contribution is 2.35. The average Bonchev–Trinajstić information content (AvgIpc) is 3.10. The second-order valence-electron chi connectivity index (χ2n) is 7.71. The van der Waals surface area contributed by atoms with E-state index in [4.69, 9.17) is 21.3 Å². The van der Waals surface area contributed by atoms with Gasteiger partial charge in [0.1, 0.15) is 5.82 Å². The summed E-state index contributed by atoms with van der Waals surface area (Å²) in [7, 11) is 1.59. The predicted molar refractivity (Wildman–Crippen MR) is 116 cm³/mol. The van der Waals surface area contributed by atoms with E-state index in [9.17, 15) is 9.18 Å². The molecule has 0 amide bonds. The highest BCUT2D eigenvalue weighted by Gasteiger charge is 2.29. The Morgan fingerprint density at radius 1 is 1.19 bits per heavy atom. The van der Waals surface area contributed by atoms with Gasteiger partial charge in [0.2, 0.25) is 0 Å². The molecule has 0 radical (unpaired) electrons. The second-order valence-corrected chi connectivity index (χ2v) is 8.15. The van der Waals surface area contributed by atoms with Crippen molar-refractivity contribution in [1.29, 1.82) is 0 Å². The molecule has 1 aliphatic carbocycles. The zero-order chi connectivity index (χ0) is 21.5. The van der Waals surface area contributed by atoms with E-state index in [1.165, 1.54) is 12.1 Å². The van der Waals surface area contributed by atoms with E-state index in [1.54, 1.807) is 30.0 Å². The maximum Gasteiger partial charge on any atom is 0.166 e. The Kier molecular flexibility index (Phi) is 5.04. The first-order valence-electron chi connectivity index (χ1n) is 9.98. The van der Waals surface area contributed by atoms with Crippen molar-refractivity contribution in [2.75, 3.05) is 7.11 Å². The van der Waals surface area contributed by atoms with Gasteiger partial charge in [0.25, 0.3) is 0 Å². The van der Waals surface area contributed by atoms with E-state index in [0.29, 0.717) is 34.8 Å². The lowest BCUT2D eigenvalue weighted by atomic mass is 9.82. The number of hydrogen-bond acceptors (Lipinski definition) is 4. The van der Waals surface area contributed by atoms with Crippen molar-refractivity contribution in [3.8, 4) is 11.1 Å². The van der Waals surface area contributed by atoms with Crippen LogP contribution in [-0.4, -0.2) is 27.5 Å². The quantitative estimate of drug-likeness (QED) is 0.439. The average molecular weight is 436 g/mol. The summed E-state index contributed by atoms with van der Waals surface area (Å²) in [6, 6.07) is 13.8. The molecule has 4 aromatic rings. The Morgan fingerprint density at radius 3 is 2.74 bits per heavy atom. The minimum absolute atomic E-state index is 0.0179. The molecule has 5 nitrogen and oxygen atoms in total. The molecule has 1 unspecified atom stereocenters. The summed E-state index contributed by atoms with van der Waals surface area (Å²) < 4.78 is 20.4. The molecule has 1 atom stereocenters. The van der Waals surface area contributed by atoms with Gasteiger partial charge in [-0.2, -0.15) is 5.10 Å². The van der Waals surface area contributed by atoms with E-state index < -0.39 is 0 Å². The van der Waals surface area contributed by atoms with Gasteiger partial charge in [-0.25, -0.2) is 13.9 Å². The first-order valence-corrected chi connectivity index (χ1v) is 10.4. The number of rotatable bonds is 4. The Labute approximate surface area is 183 Å². The standard InChI is InChI=1S/C24H19ClFN3O2/c1-31-13-21-23(14-5-7-18(26)8-6-14)24-27-20-10-16(15-3-2-4-17(25)9-15)11-22(30)19(20)12-29(24)28-21/h2-9,12,16H,10-11,13H2,1H3. The predicted octanol–water partition coefficient (Wildman–Crippen LogP) is 5.25. The van der Waals surface area contributed by atoms with Crippen LogP contribution in [0.15, 0.2) is 54.7 Å². The maximum absolute atomic E-state index is 13.5. The van der Waals surface area contributed by atoms with Crippen LogP contribution in [0.25, 0.3) is 16.8 Å². The van der Waals surface area contributed by atoms with Crippen LogP contribution in [-0.2, 0) is 17.8 Å². The van der Waals surface area contributed by atoms with Crippen LogP contribution in [0.1, 0.15) is 39.6 Å². The van der Waals surface area contributed by atoms with Crippen molar-refractivity contribution in [3.63, 3.8) is 0 Å². The SMILES string of the molecule is COCc1nn2cc3c(nc2c1-c1ccc(F)cc1)CC(c1cccc(Cl)c1)CC3=O. The third-order valence-electron chi connectivity index (χ3n) is 5.67. The molecule has 0 fully saturated rings. The highest BCUT2D eigenvalue weighted by atomic mass is 35.5. The summed E-state index contributed by atoms with van der Waals surface area (Å²) in [6.45, 7) is 0.278. The Bertz CT molecular complexity index is 1300. The third-order valence-corrected chi connectivity index (χ3v) is 5.90. The van der Waals surface area contributed by atoms with Crippen molar-refractivity contribution >= 4 is 23.0 Å². The van der Waals surface area contributed by atoms with E-state index in [-0.39, 0.29) is 24.1 Å². The number of halogens is 2. The molecule has 0 aliphatic heterocycles. The molecule has 31 heavy (non-hydrogen) atoms. The molecule has 2 heterocycles. The summed E-state index contributed by atoms with van der Waals surface area (Å²) in [4.78, 5) is 17.8. The number of carbonyl (C=O) groups is 1. The van der Waals surface area contributed by atoms with Gasteiger partial charge in [-0.1, -0.05) is 35.9 Å². The molecule has 0 saturated carbocycles. The van der Waals surface area contributed by atoms with Crippen LogP contribution < -0.4 is 0 Å². The number of carbonyl (C=O) groups excluding carboxylic acids is 1. The Hall–Kier alpha value is -3.09. The summed E-state index contributed by atoms with van der Waals surface area (Å²) in [5, 5.41) is 5.25. The van der Waals surface area contributed by atoms with Crippen LogP contribution in [0.3, 0.4) is 0 Å². The summed E-state index contributed by atoms with van der Waals surface area (Å²) in [5.41, 5.74) is 5.23. The smallest absolute Gasteiger partial charge is 0.166 e. The fourth-order valence-corrected chi connectivity index (χ4v) is 4.43. The molecule has 0 spiro atoms. The monoisotopic (exact) mass is 435 g/mol. The maximum atomic E-state index is 13.5. The van der Waals surface area contributed by atoms with Crippen LogP contribution in [0, 0.1) is 5.82 Å². The molecule has 0 N–H and O–H groups in total. The summed E-state index contributed by atoms with van der Waals surface area (Å²) in [5.74, 6) is -0.258. The van der Waals surface area contributed by atoms with Crippen LogP contribution in [0.4, 0.5) is 4.39 Å². The number of hydrogen-bond donors (Lipinski definition) is 0. The molecule has 1 aliphatic rings. The molecule has 0 saturated heterocycles. The summed E-state index contributed by atoms with van der Waals surface area (Å²) >= 11 is 6.16. The number of ketones is 1. The molecule has 2 aromatic carbocycles. The van der Waals surface area contributed by atoms with Crippen LogP contribution >= 0.6 is 11.6 Å². The first-order chi connectivity index (χ1) is 15.0. The van der Waals surface area contributed by atoms with Crippen molar-refractivity contribution in [3.05, 3.63) is 88.1 Å². The van der Waals surface area contributed by atoms with E-state index >= 15 is 0 Å². The number of methoxy groups -OCH3 is 1. The minimum Gasteiger partial charge on any atom is -0.378 e. The molecule has 5 rings (SSSR count). The Morgan fingerprint density at radius 2 is 2.00 bits per heavy atom. The highest BCUT2D eigenvalue weighted by molar-refractivity contribution is 6.30. The number of Topliss-reactive ketones (excluding diaryl/α,β-unsaturated/α-hetero) is 1. The fourth-order valence-electron chi connectivity index (χ4n) is 4.23. The van der Waals surface area contributed by atoms with Crippen LogP contribution in [0.2, 0.25) is 5.02 Å². The molecular formula is C24H19ClFN3O2. The zero-order valence-electron chi connectivity index (χ0n) is 16.8. The van der Waals surface area contributed by atoms with Gasteiger partial charge in [0.15, 0.2) is 11.4 Å². The van der Waals surface area contributed by atoms with Crippen molar-refractivity contribution in [1.82, 2.24) is 14.6 Å². The van der Waals surface area contributed by atoms with E-state index in [2.05, 4.69) is 5.10 Å². The number of nitrogens with zero attached hydrogens (tertiary/aromatic N) is 3.